The predicted molar refractivity (Wildman–Crippen MR) is 69.3 cm³/mol. The van der Waals surface area contributed by atoms with Crippen LogP contribution in [0.3, 0.4) is 0 Å². The van der Waals surface area contributed by atoms with Gasteiger partial charge in [0, 0.05) is 32.3 Å². The Labute approximate surface area is 124 Å². The molecule has 0 atom stereocenters. The molecule has 9 heteroatoms. The van der Waals surface area contributed by atoms with E-state index in [1.54, 1.807) is 0 Å². The van der Waals surface area contributed by atoms with E-state index in [0.717, 1.165) is 0 Å². The highest BCUT2D eigenvalue weighted by molar-refractivity contribution is 5.96. The molecule has 1 aliphatic heterocycles. The number of amides is 2. The molecule has 1 aliphatic rings. The summed E-state index contributed by atoms with van der Waals surface area (Å²) in [7, 11) is 0. The van der Waals surface area contributed by atoms with E-state index in [1.807, 2.05) is 0 Å². The third-order valence-corrected chi connectivity index (χ3v) is 2.97. The Balaban J connectivity index is 2.13. The second-order valence-electron chi connectivity index (χ2n) is 4.65. The number of hydrogen-bond acceptors (Lipinski definition) is 4. The van der Waals surface area contributed by atoms with E-state index >= 15 is 0 Å². The highest BCUT2D eigenvalue weighted by Gasteiger charge is 2.30. The molecular formula is C13H14F3N3O3. The molecule has 2 rings (SSSR count). The Hall–Kier alpha value is -2.32. The van der Waals surface area contributed by atoms with Crippen LogP contribution in [-0.2, 0) is 4.79 Å². The normalized spacial score (nSPS) is 16.0. The molecule has 0 aliphatic carbocycles. The lowest BCUT2D eigenvalue weighted by molar-refractivity contribution is -0.154. The van der Waals surface area contributed by atoms with Crippen molar-refractivity contribution in [2.45, 2.75) is 12.6 Å². The number of aromatic nitrogens is 1. The quantitative estimate of drug-likeness (QED) is 0.902. The number of halogens is 3. The molecule has 0 spiro atoms. The molecule has 1 aromatic rings. The number of nitrogens with zero attached hydrogens (tertiary/aromatic N) is 2. The molecule has 1 saturated heterocycles. The topological polar surface area (TPSA) is 71.5 Å². The summed E-state index contributed by atoms with van der Waals surface area (Å²) in [5, 5.41) is 2.61. The Morgan fingerprint density at radius 3 is 2.91 bits per heavy atom. The molecule has 1 N–H and O–H groups in total. The number of carbonyl (C=O) groups excluding carboxylic acids is 2. The van der Waals surface area contributed by atoms with Crippen LogP contribution in [0.2, 0.25) is 0 Å². The number of ether oxygens (including phenoxy) is 1. The average molecular weight is 317 g/mol. The van der Waals surface area contributed by atoms with Crippen molar-refractivity contribution >= 4 is 11.8 Å². The minimum Gasteiger partial charge on any atom is -0.467 e. The van der Waals surface area contributed by atoms with Crippen LogP contribution in [0.4, 0.5) is 13.2 Å². The van der Waals surface area contributed by atoms with Crippen LogP contribution in [0.5, 0.6) is 5.88 Å². The van der Waals surface area contributed by atoms with Gasteiger partial charge in [0.1, 0.15) is 5.56 Å². The Bertz CT molecular complexity index is 563. The zero-order valence-corrected chi connectivity index (χ0v) is 11.5. The fourth-order valence-electron chi connectivity index (χ4n) is 1.96. The van der Waals surface area contributed by atoms with Crippen LogP contribution in [0.1, 0.15) is 16.8 Å². The molecule has 22 heavy (non-hydrogen) atoms. The number of nitrogens with one attached hydrogen (secondary N) is 1. The SMILES string of the molecule is O=C1CCN(C(=O)c2cccnc2OCC(F)(F)F)CCN1. The predicted octanol–water partition coefficient (Wildman–Crippen LogP) is 0.985. The Morgan fingerprint density at radius 1 is 1.41 bits per heavy atom. The lowest BCUT2D eigenvalue weighted by atomic mass is 10.2. The summed E-state index contributed by atoms with van der Waals surface area (Å²) in [5.41, 5.74) is -0.0545. The molecule has 0 aromatic carbocycles. The number of carbonyl (C=O) groups is 2. The highest BCUT2D eigenvalue weighted by atomic mass is 19.4. The monoisotopic (exact) mass is 317 g/mol. The summed E-state index contributed by atoms with van der Waals surface area (Å²) in [4.78, 5) is 28.7. The van der Waals surface area contributed by atoms with Crippen LogP contribution in [0, 0.1) is 0 Å². The van der Waals surface area contributed by atoms with Gasteiger partial charge >= 0.3 is 6.18 Å². The molecule has 2 heterocycles. The summed E-state index contributed by atoms with van der Waals surface area (Å²) < 4.78 is 41.3. The standard InChI is InChI=1S/C13H14F3N3O3/c14-13(15,16)8-22-11-9(2-1-4-18-11)12(21)19-6-3-10(20)17-5-7-19/h1-2,4H,3,5-8H2,(H,17,20). The molecule has 2 amide bonds. The van der Waals surface area contributed by atoms with E-state index in [0.29, 0.717) is 6.54 Å². The minimum absolute atomic E-state index is 0.0545. The zero-order valence-electron chi connectivity index (χ0n) is 11.5. The first-order valence-electron chi connectivity index (χ1n) is 6.57. The van der Waals surface area contributed by atoms with Gasteiger partial charge in [0.15, 0.2) is 6.61 Å². The summed E-state index contributed by atoms with van der Waals surface area (Å²) in [6.07, 6.45) is -3.13. The zero-order chi connectivity index (χ0) is 16.2. The van der Waals surface area contributed by atoms with E-state index in [9.17, 15) is 22.8 Å². The first kappa shape index (κ1) is 16.1. The van der Waals surface area contributed by atoms with Crippen molar-refractivity contribution in [1.82, 2.24) is 15.2 Å². The second kappa shape index (κ2) is 6.63. The van der Waals surface area contributed by atoms with Crippen LogP contribution in [-0.4, -0.2) is 54.1 Å². The van der Waals surface area contributed by atoms with Crippen molar-refractivity contribution in [3.8, 4) is 5.88 Å². The van der Waals surface area contributed by atoms with Crippen molar-refractivity contribution in [2.24, 2.45) is 0 Å². The summed E-state index contributed by atoms with van der Waals surface area (Å²) >= 11 is 0. The largest absolute Gasteiger partial charge is 0.467 e. The Morgan fingerprint density at radius 2 is 2.18 bits per heavy atom. The van der Waals surface area contributed by atoms with Gasteiger partial charge in [-0.3, -0.25) is 9.59 Å². The fraction of sp³-hybridized carbons (Fsp3) is 0.462. The average Bonchev–Trinajstić information content (AvgIpc) is 2.69. The van der Waals surface area contributed by atoms with Gasteiger partial charge in [0.2, 0.25) is 11.8 Å². The summed E-state index contributed by atoms with van der Waals surface area (Å²) in [6, 6.07) is 2.79. The Kier molecular flexibility index (Phi) is 4.84. The molecule has 120 valence electrons. The molecular weight excluding hydrogens is 303 g/mol. The van der Waals surface area contributed by atoms with Crippen LogP contribution in [0.15, 0.2) is 18.3 Å². The van der Waals surface area contributed by atoms with Crippen LogP contribution in [0.25, 0.3) is 0 Å². The molecule has 6 nitrogen and oxygen atoms in total. The van der Waals surface area contributed by atoms with Crippen LogP contribution < -0.4 is 10.1 Å². The van der Waals surface area contributed by atoms with E-state index < -0.39 is 18.7 Å². The molecule has 1 aromatic heterocycles. The van der Waals surface area contributed by atoms with E-state index in [-0.39, 0.29) is 36.9 Å². The van der Waals surface area contributed by atoms with Gasteiger partial charge in [-0.25, -0.2) is 4.98 Å². The molecule has 0 saturated carbocycles. The van der Waals surface area contributed by atoms with E-state index in [4.69, 9.17) is 0 Å². The van der Waals surface area contributed by atoms with Crippen molar-refractivity contribution < 1.29 is 27.5 Å². The van der Waals surface area contributed by atoms with E-state index in [2.05, 4.69) is 15.0 Å². The first-order valence-corrected chi connectivity index (χ1v) is 6.57. The number of alkyl halides is 3. The fourth-order valence-corrected chi connectivity index (χ4v) is 1.96. The van der Waals surface area contributed by atoms with Gasteiger partial charge in [0.25, 0.3) is 5.91 Å². The van der Waals surface area contributed by atoms with Gasteiger partial charge in [0.05, 0.1) is 0 Å². The maximum Gasteiger partial charge on any atom is 0.422 e. The molecule has 0 radical (unpaired) electrons. The van der Waals surface area contributed by atoms with Gasteiger partial charge in [-0.1, -0.05) is 0 Å². The van der Waals surface area contributed by atoms with Crippen molar-refractivity contribution in [1.29, 1.82) is 0 Å². The molecule has 0 unspecified atom stereocenters. The maximum absolute atomic E-state index is 12.4. The minimum atomic E-state index is -4.52. The molecule has 1 fully saturated rings. The van der Waals surface area contributed by atoms with Crippen molar-refractivity contribution in [3.63, 3.8) is 0 Å². The first-order chi connectivity index (χ1) is 10.4. The van der Waals surface area contributed by atoms with Crippen molar-refractivity contribution in [2.75, 3.05) is 26.2 Å². The van der Waals surface area contributed by atoms with E-state index in [1.165, 1.54) is 23.2 Å². The van der Waals surface area contributed by atoms with Gasteiger partial charge in [-0.15, -0.1) is 0 Å². The lowest BCUT2D eigenvalue weighted by Gasteiger charge is -2.20. The summed E-state index contributed by atoms with van der Waals surface area (Å²) in [6.45, 7) is -0.760. The van der Waals surface area contributed by atoms with Crippen LogP contribution >= 0.6 is 0 Å². The highest BCUT2D eigenvalue weighted by Crippen LogP contribution is 2.21. The van der Waals surface area contributed by atoms with Gasteiger partial charge in [-0.05, 0) is 12.1 Å². The molecule has 0 bridgehead atoms. The lowest BCUT2D eigenvalue weighted by Crippen LogP contribution is -2.34. The van der Waals surface area contributed by atoms with Crippen molar-refractivity contribution in [3.05, 3.63) is 23.9 Å². The second-order valence-corrected chi connectivity index (χ2v) is 4.65. The third kappa shape index (κ3) is 4.34. The number of pyridine rings is 1. The summed E-state index contributed by atoms with van der Waals surface area (Å²) in [5.74, 6) is -1.05. The number of rotatable bonds is 3. The number of hydrogen-bond donors (Lipinski definition) is 1. The van der Waals surface area contributed by atoms with Gasteiger partial charge in [-0.2, -0.15) is 13.2 Å². The smallest absolute Gasteiger partial charge is 0.422 e. The maximum atomic E-state index is 12.4. The van der Waals surface area contributed by atoms with Gasteiger partial charge < -0.3 is 15.0 Å². The third-order valence-electron chi connectivity index (χ3n) is 2.97.